The van der Waals surface area contributed by atoms with Gasteiger partial charge in [0.25, 0.3) is 5.56 Å². The van der Waals surface area contributed by atoms with E-state index in [9.17, 15) is 13.2 Å². The lowest BCUT2D eigenvalue weighted by molar-refractivity contribution is 0.196. The third kappa shape index (κ3) is 6.32. The third-order valence-electron chi connectivity index (χ3n) is 7.26. The Hall–Kier alpha value is -2.87. The second-order valence-corrected chi connectivity index (χ2v) is 12.0. The van der Waals surface area contributed by atoms with Gasteiger partial charge in [0.1, 0.15) is 16.2 Å². The second kappa shape index (κ2) is 12.5. The van der Waals surface area contributed by atoms with Crippen LogP contribution in [0.25, 0.3) is 11.0 Å². The van der Waals surface area contributed by atoms with Gasteiger partial charge in [-0.1, -0.05) is 27.2 Å². The molecule has 1 unspecified atom stereocenters. The lowest BCUT2D eigenvalue weighted by Crippen LogP contribution is -2.48. The zero-order chi connectivity index (χ0) is 28.2. The molecule has 214 valence electrons. The topological polar surface area (TPSA) is 140 Å². The number of rotatable bonds is 12. The summed E-state index contributed by atoms with van der Waals surface area (Å²) in [6.07, 6.45) is 4.18. The number of aryl methyl sites for hydroxylation is 1. The molecule has 0 radical (unpaired) electrons. The monoisotopic (exact) mass is 560 g/mol. The summed E-state index contributed by atoms with van der Waals surface area (Å²) in [6.45, 7) is 9.76. The summed E-state index contributed by atoms with van der Waals surface area (Å²) in [5, 5.41) is 7.00. The van der Waals surface area contributed by atoms with Crippen molar-refractivity contribution in [1.29, 1.82) is 0 Å². The fourth-order valence-corrected chi connectivity index (χ4v) is 6.20. The first kappa shape index (κ1) is 29.1. The zero-order valence-electron chi connectivity index (χ0n) is 23.5. The zero-order valence-corrected chi connectivity index (χ0v) is 24.3. The van der Waals surface area contributed by atoms with Crippen molar-refractivity contribution in [3.8, 4) is 5.88 Å². The molecule has 4 heterocycles. The van der Waals surface area contributed by atoms with E-state index in [4.69, 9.17) is 9.72 Å². The van der Waals surface area contributed by atoms with Gasteiger partial charge in [-0.05, 0) is 39.5 Å². The molecule has 0 spiro atoms. The number of fused-ring (bicyclic) bond motifs is 1. The van der Waals surface area contributed by atoms with Gasteiger partial charge in [-0.3, -0.25) is 9.89 Å². The van der Waals surface area contributed by atoms with E-state index in [-0.39, 0.29) is 22.0 Å². The molecule has 4 rings (SSSR count). The highest BCUT2D eigenvalue weighted by Crippen LogP contribution is 2.32. The highest BCUT2D eigenvalue weighted by molar-refractivity contribution is 7.89. The van der Waals surface area contributed by atoms with Crippen molar-refractivity contribution >= 4 is 21.1 Å². The number of aromatic nitrogens is 5. The lowest BCUT2D eigenvalue weighted by Gasteiger charge is -2.33. The van der Waals surface area contributed by atoms with Gasteiger partial charge in [0.2, 0.25) is 15.9 Å². The van der Waals surface area contributed by atoms with Gasteiger partial charge < -0.3 is 19.5 Å². The molecule has 39 heavy (non-hydrogen) atoms. The number of nitrogens with one attached hydrogen (secondary N) is 2. The van der Waals surface area contributed by atoms with Gasteiger partial charge in [0, 0.05) is 44.2 Å². The molecular weight excluding hydrogens is 520 g/mol. The first-order valence-electron chi connectivity index (χ1n) is 13.7. The van der Waals surface area contributed by atoms with Crippen LogP contribution < -0.4 is 10.3 Å². The quantitative estimate of drug-likeness (QED) is 0.318. The maximum absolute atomic E-state index is 13.6. The third-order valence-corrected chi connectivity index (χ3v) is 9.13. The molecule has 3 aromatic rings. The molecule has 0 aliphatic carbocycles. The van der Waals surface area contributed by atoms with Gasteiger partial charge in [0.05, 0.1) is 18.5 Å². The molecule has 1 aliphatic rings. The van der Waals surface area contributed by atoms with Crippen LogP contribution in [0.5, 0.6) is 5.88 Å². The largest absolute Gasteiger partial charge is 0.477 e. The molecular formula is C26H40N8O4S. The molecule has 3 aromatic heterocycles. The fraction of sp³-hybridized carbons (Fsp3) is 0.615. The van der Waals surface area contributed by atoms with Crippen molar-refractivity contribution in [2.45, 2.75) is 57.4 Å². The van der Waals surface area contributed by atoms with Crippen LogP contribution in [0.15, 0.2) is 22.0 Å². The summed E-state index contributed by atoms with van der Waals surface area (Å²) in [7, 11) is 0.0578. The number of hydrogen-bond acceptors (Lipinski definition) is 9. The van der Waals surface area contributed by atoms with Gasteiger partial charge in [-0.2, -0.15) is 9.40 Å². The van der Waals surface area contributed by atoms with Crippen LogP contribution in [0.3, 0.4) is 0 Å². The SMILES string of the molecule is CCCCOc1ncc(S(=O)(=O)N2CCN(CC)CC2)cc1C(Cc1nc2c(CC)[nH]nc2c(=O)[nH]1)N(C)C. The molecule has 1 saturated heterocycles. The van der Waals surface area contributed by atoms with Gasteiger partial charge in [-0.15, -0.1) is 0 Å². The van der Waals surface area contributed by atoms with E-state index >= 15 is 0 Å². The van der Waals surface area contributed by atoms with E-state index in [1.54, 1.807) is 6.07 Å². The van der Waals surface area contributed by atoms with E-state index in [1.165, 1.54) is 10.5 Å². The van der Waals surface area contributed by atoms with Gasteiger partial charge >= 0.3 is 0 Å². The van der Waals surface area contributed by atoms with E-state index in [0.29, 0.717) is 68.4 Å². The van der Waals surface area contributed by atoms with E-state index in [1.807, 2.05) is 25.9 Å². The van der Waals surface area contributed by atoms with Crippen molar-refractivity contribution in [2.24, 2.45) is 0 Å². The first-order valence-corrected chi connectivity index (χ1v) is 15.1. The Kier molecular flexibility index (Phi) is 9.36. The Morgan fingerprint density at radius 3 is 2.51 bits per heavy atom. The summed E-state index contributed by atoms with van der Waals surface area (Å²) < 4.78 is 34.8. The van der Waals surface area contributed by atoms with Crippen LogP contribution in [0.1, 0.15) is 56.7 Å². The molecule has 0 aromatic carbocycles. The Labute approximate surface area is 229 Å². The summed E-state index contributed by atoms with van der Waals surface area (Å²) >= 11 is 0. The molecule has 1 fully saturated rings. The number of hydrogen-bond donors (Lipinski definition) is 2. The maximum atomic E-state index is 13.6. The molecule has 0 saturated carbocycles. The van der Waals surface area contributed by atoms with Crippen LogP contribution in [0.2, 0.25) is 0 Å². The van der Waals surface area contributed by atoms with Crippen molar-refractivity contribution in [3.63, 3.8) is 0 Å². The maximum Gasteiger partial charge on any atom is 0.279 e. The van der Waals surface area contributed by atoms with Gasteiger partial charge in [0.15, 0.2) is 5.52 Å². The molecule has 12 nitrogen and oxygen atoms in total. The summed E-state index contributed by atoms with van der Waals surface area (Å²) in [6, 6.07) is 1.31. The van der Waals surface area contributed by atoms with E-state index in [2.05, 4.69) is 38.9 Å². The van der Waals surface area contributed by atoms with Crippen molar-refractivity contribution in [2.75, 3.05) is 53.4 Å². The summed E-state index contributed by atoms with van der Waals surface area (Å²) in [4.78, 5) is 29.1. The Bertz CT molecular complexity index is 1430. The van der Waals surface area contributed by atoms with Crippen molar-refractivity contribution < 1.29 is 13.2 Å². The van der Waals surface area contributed by atoms with E-state index in [0.717, 1.165) is 25.1 Å². The summed E-state index contributed by atoms with van der Waals surface area (Å²) in [5.41, 5.74) is 1.94. The smallest absolute Gasteiger partial charge is 0.279 e. The fourth-order valence-electron chi connectivity index (χ4n) is 4.80. The predicted octanol–water partition coefficient (Wildman–Crippen LogP) is 1.95. The second-order valence-electron chi connectivity index (χ2n) is 10.1. The Morgan fingerprint density at radius 2 is 1.87 bits per heavy atom. The minimum Gasteiger partial charge on any atom is -0.477 e. The van der Waals surface area contributed by atoms with Crippen LogP contribution >= 0.6 is 0 Å². The van der Waals surface area contributed by atoms with Crippen molar-refractivity contribution in [3.05, 3.63) is 39.7 Å². The molecule has 1 aliphatic heterocycles. The van der Waals surface area contributed by atoms with Crippen LogP contribution in [-0.2, 0) is 22.9 Å². The highest BCUT2D eigenvalue weighted by Gasteiger charge is 2.31. The van der Waals surface area contributed by atoms with Crippen LogP contribution in [-0.4, -0.2) is 101 Å². The standard InChI is InChI=1S/C26H40N8O4S/c1-6-9-14-38-26-19(15-18(17-27-26)39(36,37)34-12-10-33(8-3)11-13-34)21(32(4)5)16-22-28-23-20(7-2)30-31-24(23)25(35)29-22/h15,17,21H,6-14,16H2,1-5H3,(H,30,31)(H,28,29,35). The van der Waals surface area contributed by atoms with Crippen LogP contribution in [0, 0.1) is 0 Å². The van der Waals surface area contributed by atoms with E-state index < -0.39 is 10.0 Å². The average molecular weight is 561 g/mol. The van der Waals surface area contributed by atoms with Gasteiger partial charge in [-0.25, -0.2) is 18.4 Å². The summed E-state index contributed by atoms with van der Waals surface area (Å²) in [5.74, 6) is 0.864. The number of ether oxygens (including phenoxy) is 1. The molecule has 0 bridgehead atoms. The number of piperazine rings is 1. The van der Waals surface area contributed by atoms with Crippen LogP contribution in [0.4, 0.5) is 0 Å². The highest BCUT2D eigenvalue weighted by atomic mass is 32.2. The van der Waals surface area contributed by atoms with Crippen molar-refractivity contribution in [1.82, 2.24) is 39.3 Å². The normalized spacial score (nSPS) is 16.3. The predicted molar refractivity (Wildman–Crippen MR) is 150 cm³/mol. The lowest BCUT2D eigenvalue weighted by atomic mass is 10.0. The number of nitrogens with zero attached hydrogens (tertiary/aromatic N) is 6. The number of likely N-dealkylation sites (N-methyl/N-ethyl adjacent to an activating group) is 2. The molecule has 1 atom stereocenters. The Morgan fingerprint density at radius 1 is 1.13 bits per heavy atom. The average Bonchev–Trinajstić information content (AvgIpc) is 3.35. The number of aromatic amines is 2. The number of pyridine rings is 1. The number of unbranched alkanes of at least 4 members (excludes halogenated alkanes) is 1. The minimum atomic E-state index is -3.74. The molecule has 0 amide bonds. The first-order chi connectivity index (χ1) is 18.7. The molecule has 13 heteroatoms. The number of H-pyrrole nitrogens is 2. The molecule has 2 N–H and O–H groups in total. The number of sulfonamides is 1. The minimum absolute atomic E-state index is 0.136. The Balaban J connectivity index is 1.73.